The van der Waals surface area contributed by atoms with E-state index in [2.05, 4.69) is 10.2 Å². The predicted molar refractivity (Wildman–Crippen MR) is 116 cm³/mol. The number of H-pyrrole nitrogens is 1. The highest BCUT2D eigenvalue weighted by molar-refractivity contribution is 6.03. The maximum atomic E-state index is 13.2. The van der Waals surface area contributed by atoms with Gasteiger partial charge in [-0.3, -0.25) is 9.89 Å². The number of piperidine rings is 1. The highest BCUT2D eigenvalue weighted by Crippen LogP contribution is 2.34. The third-order valence-corrected chi connectivity index (χ3v) is 6.72. The van der Waals surface area contributed by atoms with Crippen LogP contribution in [0.1, 0.15) is 78.8 Å². The van der Waals surface area contributed by atoms with Crippen LogP contribution in [0.5, 0.6) is 5.75 Å². The number of amides is 1. The second-order valence-electron chi connectivity index (χ2n) is 8.69. The minimum absolute atomic E-state index is 0.0673. The highest BCUT2D eigenvalue weighted by atomic mass is 16.3. The molecule has 0 bridgehead atoms. The largest absolute Gasteiger partial charge is 0.506 e. The van der Waals surface area contributed by atoms with Gasteiger partial charge >= 0.3 is 0 Å². The molecule has 1 amide bonds. The Kier molecular flexibility index (Phi) is 5.15. The summed E-state index contributed by atoms with van der Waals surface area (Å²) in [4.78, 5) is 19.9. The van der Waals surface area contributed by atoms with Crippen molar-refractivity contribution in [3.63, 3.8) is 0 Å². The van der Waals surface area contributed by atoms with E-state index in [9.17, 15) is 9.90 Å². The fourth-order valence-electron chi connectivity index (χ4n) is 5.00. The molecule has 1 atom stereocenters. The summed E-state index contributed by atoms with van der Waals surface area (Å²) in [5.41, 5.74) is 0.368. The van der Waals surface area contributed by atoms with Crippen molar-refractivity contribution in [3.8, 4) is 5.75 Å². The summed E-state index contributed by atoms with van der Waals surface area (Å²) in [6.07, 6.45) is 8.12. The fourth-order valence-corrected chi connectivity index (χ4v) is 5.00. The normalized spacial score (nSPS) is 20.5. The van der Waals surface area contributed by atoms with Crippen LogP contribution in [0.25, 0.3) is 10.8 Å². The summed E-state index contributed by atoms with van der Waals surface area (Å²) < 4.78 is 0. The van der Waals surface area contributed by atoms with Crippen LogP contribution in [0.3, 0.4) is 0 Å². The molecule has 1 unspecified atom stereocenters. The van der Waals surface area contributed by atoms with Gasteiger partial charge in [-0.15, -0.1) is 0 Å². The van der Waals surface area contributed by atoms with Crippen molar-refractivity contribution >= 4 is 16.7 Å². The van der Waals surface area contributed by atoms with Crippen molar-refractivity contribution in [1.29, 1.82) is 0 Å². The number of nitrogens with one attached hydrogen (secondary N) is 1. The zero-order valence-electron chi connectivity index (χ0n) is 17.2. The molecule has 2 heterocycles. The smallest absolute Gasteiger partial charge is 0.257 e. The third kappa shape index (κ3) is 3.55. The Morgan fingerprint density at radius 3 is 2.67 bits per heavy atom. The first kappa shape index (κ1) is 19.1. The van der Waals surface area contributed by atoms with Crippen molar-refractivity contribution < 1.29 is 9.90 Å². The number of fused-ring (bicyclic) bond motifs is 1. The van der Waals surface area contributed by atoms with Gasteiger partial charge in [0.1, 0.15) is 11.6 Å². The Hall–Kier alpha value is -2.89. The Morgan fingerprint density at radius 2 is 1.80 bits per heavy atom. The van der Waals surface area contributed by atoms with Crippen LogP contribution in [0.15, 0.2) is 36.4 Å². The minimum Gasteiger partial charge on any atom is -0.506 e. The van der Waals surface area contributed by atoms with E-state index >= 15 is 0 Å². The second-order valence-corrected chi connectivity index (χ2v) is 8.69. The Balaban J connectivity index is 1.34. The van der Waals surface area contributed by atoms with Gasteiger partial charge in [0.05, 0.1) is 5.56 Å². The molecule has 3 aromatic rings. The number of carbonyl (C=O) groups excluding carboxylic acids is 1. The maximum absolute atomic E-state index is 13.2. The lowest BCUT2D eigenvalue weighted by molar-refractivity contribution is 0.0702. The SMILES string of the molecule is O=C(c1ccc2ccccc2c1O)N1CCCC(c2n[nH]c(C3CCCCC3)n2)C1. The second kappa shape index (κ2) is 8.09. The molecule has 2 fully saturated rings. The molecule has 6 heteroatoms. The van der Waals surface area contributed by atoms with Crippen LogP contribution in [0.4, 0.5) is 0 Å². The number of likely N-dealkylation sites (tertiary alicyclic amines) is 1. The van der Waals surface area contributed by atoms with Crippen molar-refractivity contribution in [2.75, 3.05) is 13.1 Å². The molecule has 2 aromatic carbocycles. The molecule has 2 aliphatic rings. The molecule has 1 saturated heterocycles. The van der Waals surface area contributed by atoms with E-state index in [1.54, 1.807) is 6.07 Å². The number of phenols is 1. The van der Waals surface area contributed by atoms with Crippen molar-refractivity contribution in [1.82, 2.24) is 20.1 Å². The Bertz CT molecular complexity index is 1050. The molecule has 2 N–H and O–H groups in total. The average Bonchev–Trinajstić information content (AvgIpc) is 3.30. The van der Waals surface area contributed by atoms with E-state index < -0.39 is 0 Å². The molecule has 1 aliphatic heterocycles. The summed E-state index contributed by atoms with van der Waals surface area (Å²) in [6, 6.07) is 11.2. The van der Waals surface area contributed by atoms with Crippen LogP contribution < -0.4 is 0 Å². The summed E-state index contributed by atoms with van der Waals surface area (Å²) in [5, 5.41) is 20.0. The molecule has 1 aromatic heterocycles. The zero-order valence-corrected chi connectivity index (χ0v) is 17.2. The first-order chi connectivity index (χ1) is 14.7. The van der Waals surface area contributed by atoms with Gasteiger partial charge in [0.25, 0.3) is 5.91 Å². The maximum Gasteiger partial charge on any atom is 0.257 e. The Morgan fingerprint density at radius 1 is 1.00 bits per heavy atom. The van der Waals surface area contributed by atoms with Gasteiger partial charge in [-0.1, -0.05) is 49.6 Å². The number of phenolic OH excluding ortho intramolecular Hbond substituents is 1. The first-order valence-corrected chi connectivity index (χ1v) is 11.1. The number of aromatic hydroxyl groups is 1. The predicted octanol–water partition coefficient (Wildman–Crippen LogP) is 4.73. The molecule has 156 valence electrons. The number of nitrogens with zero attached hydrogens (tertiary/aromatic N) is 3. The highest BCUT2D eigenvalue weighted by Gasteiger charge is 2.30. The standard InChI is InChI=1S/C24H28N4O2/c29-21-19-11-5-4-7-16(19)12-13-20(21)24(30)28-14-6-10-18(15-28)23-25-22(26-27-23)17-8-2-1-3-9-17/h4-5,7,11-13,17-18,29H,1-3,6,8-10,14-15H2,(H,25,26,27). The summed E-state index contributed by atoms with van der Waals surface area (Å²) in [5.74, 6) is 2.43. The lowest BCUT2D eigenvalue weighted by Gasteiger charge is -2.31. The van der Waals surface area contributed by atoms with Crippen LogP contribution in [-0.2, 0) is 0 Å². The summed E-state index contributed by atoms with van der Waals surface area (Å²) in [7, 11) is 0. The van der Waals surface area contributed by atoms with Gasteiger partial charge in [0.2, 0.25) is 0 Å². The minimum atomic E-state index is -0.119. The van der Waals surface area contributed by atoms with Crippen molar-refractivity contribution in [2.24, 2.45) is 0 Å². The van der Waals surface area contributed by atoms with E-state index in [1.165, 1.54) is 32.1 Å². The molecule has 6 nitrogen and oxygen atoms in total. The summed E-state index contributed by atoms with van der Waals surface area (Å²) >= 11 is 0. The quantitative estimate of drug-likeness (QED) is 0.661. The monoisotopic (exact) mass is 404 g/mol. The number of aromatic nitrogens is 3. The van der Waals surface area contributed by atoms with E-state index in [0.29, 0.717) is 30.0 Å². The van der Waals surface area contributed by atoms with Crippen LogP contribution in [0, 0.1) is 0 Å². The molecule has 1 aliphatic carbocycles. The molecule has 30 heavy (non-hydrogen) atoms. The molecular weight excluding hydrogens is 376 g/mol. The zero-order chi connectivity index (χ0) is 20.5. The van der Waals surface area contributed by atoms with Gasteiger partial charge in [-0.05, 0) is 37.1 Å². The number of hydrogen-bond donors (Lipinski definition) is 2. The Labute approximate surface area is 176 Å². The molecule has 0 radical (unpaired) electrons. The topological polar surface area (TPSA) is 82.1 Å². The number of benzene rings is 2. The van der Waals surface area contributed by atoms with E-state index in [1.807, 2.05) is 35.2 Å². The van der Waals surface area contributed by atoms with Crippen molar-refractivity contribution in [3.05, 3.63) is 53.6 Å². The van der Waals surface area contributed by atoms with Gasteiger partial charge in [-0.25, -0.2) is 4.98 Å². The lowest BCUT2D eigenvalue weighted by Crippen LogP contribution is -2.39. The summed E-state index contributed by atoms with van der Waals surface area (Å²) in [6.45, 7) is 1.29. The van der Waals surface area contributed by atoms with E-state index in [0.717, 1.165) is 29.9 Å². The number of carbonyl (C=O) groups is 1. The first-order valence-electron chi connectivity index (χ1n) is 11.1. The van der Waals surface area contributed by atoms with E-state index in [4.69, 9.17) is 4.98 Å². The molecule has 5 rings (SSSR count). The number of rotatable bonds is 3. The fraction of sp³-hybridized carbons (Fsp3) is 0.458. The molecular formula is C24H28N4O2. The average molecular weight is 405 g/mol. The van der Waals surface area contributed by atoms with E-state index in [-0.39, 0.29) is 17.6 Å². The van der Waals surface area contributed by atoms with Crippen LogP contribution >= 0.6 is 0 Å². The number of hydrogen-bond acceptors (Lipinski definition) is 4. The van der Waals surface area contributed by atoms with Gasteiger partial charge in [0.15, 0.2) is 5.82 Å². The third-order valence-electron chi connectivity index (χ3n) is 6.72. The molecule has 0 spiro atoms. The van der Waals surface area contributed by atoms with Crippen LogP contribution in [0.2, 0.25) is 0 Å². The van der Waals surface area contributed by atoms with Gasteiger partial charge < -0.3 is 10.0 Å². The molecule has 1 saturated carbocycles. The van der Waals surface area contributed by atoms with Crippen molar-refractivity contribution in [2.45, 2.75) is 56.8 Å². The van der Waals surface area contributed by atoms with Crippen LogP contribution in [-0.4, -0.2) is 44.2 Å². The lowest BCUT2D eigenvalue weighted by atomic mass is 9.89. The van der Waals surface area contributed by atoms with Gasteiger partial charge in [0, 0.05) is 30.3 Å². The number of aromatic amines is 1. The van der Waals surface area contributed by atoms with Gasteiger partial charge in [-0.2, -0.15) is 5.10 Å².